The van der Waals surface area contributed by atoms with Crippen molar-refractivity contribution in [3.05, 3.63) is 86.8 Å². The first-order valence-electron chi connectivity index (χ1n) is 12.3. The molecule has 1 amide bonds. The Balaban J connectivity index is 1.52. The molecule has 2 heterocycles. The summed E-state index contributed by atoms with van der Waals surface area (Å²) in [7, 11) is 0. The van der Waals surface area contributed by atoms with Gasteiger partial charge in [-0.15, -0.1) is 11.3 Å². The lowest BCUT2D eigenvalue weighted by atomic mass is 9.97. The Bertz CT molecular complexity index is 1510. The van der Waals surface area contributed by atoms with Crippen LogP contribution in [-0.4, -0.2) is 33.6 Å². The quantitative estimate of drug-likeness (QED) is 0.168. The van der Waals surface area contributed by atoms with Crippen molar-refractivity contribution in [1.29, 1.82) is 0 Å². The SMILES string of the molecule is CC(C)N(C(=O)CSc1nc2sc3c(c2c(=O)n1/N=C\c1ccc(F)cc1)CCCC3)c1ccccc1. The molecular weight excluding hydrogens is 507 g/mol. The number of hydrogen-bond donors (Lipinski definition) is 0. The largest absolute Gasteiger partial charge is 0.309 e. The Morgan fingerprint density at radius 1 is 1.16 bits per heavy atom. The Morgan fingerprint density at radius 2 is 1.89 bits per heavy atom. The van der Waals surface area contributed by atoms with Crippen molar-refractivity contribution in [3.63, 3.8) is 0 Å². The van der Waals surface area contributed by atoms with Crippen LogP contribution in [0.5, 0.6) is 0 Å². The number of para-hydroxylation sites is 1. The van der Waals surface area contributed by atoms with Crippen molar-refractivity contribution < 1.29 is 9.18 Å². The normalized spacial score (nSPS) is 13.4. The zero-order valence-corrected chi connectivity index (χ0v) is 22.3. The van der Waals surface area contributed by atoms with Crippen LogP contribution in [0.2, 0.25) is 0 Å². The van der Waals surface area contributed by atoms with E-state index in [1.807, 2.05) is 44.2 Å². The number of fused-ring (bicyclic) bond motifs is 3. The van der Waals surface area contributed by atoms with Gasteiger partial charge in [0.05, 0.1) is 17.4 Å². The first kappa shape index (κ1) is 25.4. The molecular formula is C28H27FN4O2S2. The smallest absolute Gasteiger partial charge is 0.283 e. The van der Waals surface area contributed by atoms with Gasteiger partial charge in [-0.2, -0.15) is 9.78 Å². The molecule has 0 saturated carbocycles. The Hall–Kier alpha value is -3.30. The number of rotatable bonds is 7. The molecule has 0 unspecified atom stereocenters. The van der Waals surface area contributed by atoms with Gasteiger partial charge in [-0.05, 0) is 74.9 Å². The van der Waals surface area contributed by atoms with Gasteiger partial charge >= 0.3 is 0 Å². The standard InChI is InChI=1S/C28H27FN4O2S2/c1-18(2)32(21-8-4-3-5-9-21)24(34)17-36-28-31-26-25(22-10-6-7-11-23(22)37-26)27(35)33(28)30-16-19-12-14-20(29)15-13-19/h3-5,8-9,12-16,18H,6-7,10-11,17H2,1-2H3/b30-16-. The number of thiophene rings is 1. The number of benzene rings is 2. The van der Waals surface area contributed by atoms with Crippen LogP contribution >= 0.6 is 23.1 Å². The molecule has 1 aliphatic carbocycles. The number of anilines is 1. The molecule has 9 heteroatoms. The summed E-state index contributed by atoms with van der Waals surface area (Å²) in [6.07, 6.45) is 5.49. The molecule has 5 rings (SSSR count). The molecule has 0 saturated heterocycles. The van der Waals surface area contributed by atoms with Gasteiger partial charge in [0.25, 0.3) is 5.56 Å². The Labute approximate surface area is 222 Å². The predicted molar refractivity (Wildman–Crippen MR) is 150 cm³/mol. The van der Waals surface area contributed by atoms with Crippen molar-refractivity contribution in [2.75, 3.05) is 10.7 Å². The van der Waals surface area contributed by atoms with E-state index in [4.69, 9.17) is 4.98 Å². The molecule has 4 aromatic rings. The zero-order chi connectivity index (χ0) is 25.9. The molecule has 0 fully saturated rings. The maximum Gasteiger partial charge on any atom is 0.283 e. The molecule has 6 nitrogen and oxygen atoms in total. The van der Waals surface area contributed by atoms with E-state index in [0.29, 0.717) is 20.9 Å². The molecule has 1 aliphatic rings. The summed E-state index contributed by atoms with van der Waals surface area (Å²) in [4.78, 5) is 35.5. The van der Waals surface area contributed by atoms with Gasteiger partial charge in [-0.1, -0.05) is 42.1 Å². The molecule has 0 atom stereocenters. The number of aryl methyl sites for hydroxylation is 2. The Morgan fingerprint density at radius 3 is 2.62 bits per heavy atom. The molecule has 0 spiro atoms. The molecule has 0 aliphatic heterocycles. The van der Waals surface area contributed by atoms with Crippen molar-refractivity contribution in [2.45, 2.75) is 50.7 Å². The van der Waals surface area contributed by atoms with Crippen molar-refractivity contribution in [3.8, 4) is 0 Å². The van der Waals surface area contributed by atoms with E-state index < -0.39 is 0 Å². The number of aromatic nitrogens is 2. The van der Waals surface area contributed by atoms with Gasteiger partial charge < -0.3 is 4.90 Å². The van der Waals surface area contributed by atoms with Crippen LogP contribution in [0.3, 0.4) is 0 Å². The highest BCUT2D eigenvalue weighted by atomic mass is 32.2. The second-order valence-corrected chi connectivity index (χ2v) is 11.2. The minimum absolute atomic E-state index is 0.0337. The van der Waals surface area contributed by atoms with E-state index in [0.717, 1.165) is 36.9 Å². The highest BCUT2D eigenvalue weighted by Gasteiger charge is 2.24. The molecule has 190 valence electrons. The number of halogens is 1. The van der Waals surface area contributed by atoms with Crippen LogP contribution in [-0.2, 0) is 17.6 Å². The molecule has 2 aromatic heterocycles. The summed E-state index contributed by atoms with van der Waals surface area (Å²) < 4.78 is 14.6. The summed E-state index contributed by atoms with van der Waals surface area (Å²) in [5.74, 6) is -0.326. The number of amides is 1. The summed E-state index contributed by atoms with van der Waals surface area (Å²) in [5, 5.41) is 5.44. The van der Waals surface area contributed by atoms with Crippen molar-refractivity contribution >= 4 is 51.1 Å². The van der Waals surface area contributed by atoms with Gasteiger partial charge in [0.1, 0.15) is 10.6 Å². The van der Waals surface area contributed by atoms with Gasteiger partial charge in [0.2, 0.25) is 5.91 Å². The lowest BCUT2D eigenvalue weighted by molar-refractivity contribution is -0.116. The first-order valence-corrected chi connectivity index (χ1v) is 14.1. The Kier molecular flexibility index (Phi) is 7.53. The molecule has 37 heavy (non-hydrogen) atoms. The maximum absolute atomic E-state index is 13.7. The maximum atomic E-state index is 13.7. The van der Waals surface area contributed by atoms with Crippen LogP contribution in [0.1, 0.15) is 42.7 Å². The number of nitrogens with zero attached hydrogens (tertiary/aromatic N) is 4. The van der Waals surface area contributed by atoms with Gasteiger partial charge in [0, 0.05) is 16.6 Å². The highest BCUT2D eigenvalue weighted by Crippen LogP contribution is 2.35. The number of carbonyl (C=O) groups excluding carboxylic acids is 1. The van der Waals surface area contributed by atoms with E-state index in [2.05, 4.69) is 5.10 Å². The summed E-state index contributed by atoms with van der Waals surface area (Å²) in [6, 6.07) is 15.4. The fraction of sp³-hybridized carbons (Fsp3) is 0.286. The van der Waals surface area contributed by atoms with Crippen LogP contribution in [0.4, 0.5) is 10.1 Å². The first-order chi connectivity index (χ1) is 17.9. The van der Waals surface area contributed by atoms with Crippen LogP contribution in [0.25, 0.3) is 10.2 Å². The lowest BCUT2D eigenvalue weighted by Crippen LogP contribution is -2.38. The van der Waals surface area contributed by atoms with Gasteiger partial charge in [-0.25, -0.2) is 9.37 Å². The van der Waals surface area contributed by atoms with E-state index in [-0.39, 0.29) is 29.1 Å². The summed E-state index contributed by atoms with van der Waals surface area (Å²) >= 11 is 2.77. The average Bonchev–Trinajstić information content (AvgIpc) is 3.27. The summed E-state index contributed by atoms with van der Waals surface area (Å²) in [5.41, 5.74) is 2.32. The van der Waals surface area contributed by atoms with Gasteiger partial charge in [0.15, 0.2) is 5.16 Å². The zero-order valence-electron chi connectivity index (χ0n) is 20.7. The van der Waals surface area contributed by atoms with Gasteiger partial charge in [-0.3, -0.25) is 9.59 Å². The third-order valence-electron chi connectivity index (χ3n) is 6.27. The number of hydrogen-bond acceptors (Lipinski definition) is 6. The second kappa shape index (κ2) is 11.0. The van der Waals surface area contributed by atoms with Crippen LogP contribution in [0, 0.1) is 5.82 Å². The van der Waals surface area contributed by atoms with E-state index >= 15 is 0 Å². The highest BCUT2D eigenvalue weighted by molar-refractivity contribution is 7.99. The fourth-order valence-corrected chi connectivity index (χ4v) is 6.67. The van der Waals surface area contributed by atoms with E-state index in [1.165, 1.54) is 39.7 Å². The molecule has 0 radical (unpaired) electrons. The van der Waals surface area contributed by atoms with Crippen LogP contribution < -0.4 is 10.5 Å². The predicted octanol–water partition coefficient (Wildman–Crippen LogP) is 5.89. The van der Waals surface area contributed by atoms with Crippen LogP contribution in [0.15, 0.2) is 69.6 Å². The van der Waals surface area contributed by atoms with E-state index in [1.54, 1.807) is 28.4 Å². The van der Waals surface area contributed by atoms with Crippen molar-refractivity contribution in [1.82, 2.24) is 9.66 Å². The minimum Gasteiger partial charge on any atom is -0.309 e. The number of carbonyl (C=O) groups is 1. The molecule has 0 N–H and O–H groups in total. The molecule has 2 aromatic carbocycles. The average molecular weight is 535 g/mol. The third kappa shape index (κ3) is 5.38. The van der Waals surface area contributed by atoms with E-state index in [9.17, 15) is 14.0 Å². The second-order valence-electron chi connectivity index (χ2n) is 9.18. The number of thioether (sulfide) groups is 1. The fourth-order valence-electron chi connectivity index (χ4n) is 4.56. The molecule has 0 bridgehead atoms. The third-order valence-corrected chi connectivity index (χ3v) is 8.37. The monoisotopic (exact) mass is 534 g/mol. The van der Waals surface area contributed by atoms with Crippen molar-refractivity contribution in [2.24, 2.45) is 5.10 Å². The topological polar surface area (TPSA) is 67.6 Å². The minimum atomic E-state index is -0.342. The summed E-state index contributed by atoms with van der Waals surface area (Å²) in [6.45, 7) is 3.94. The lowest BCUT2D eigenvalue weighted by Gasteiger charge is -2.26.